The molecule has 3 aromatic rings. The molecule has 1 saturated carbocycles. The summed E-state index contributed by atoms with van der Waals surface area (Å²) in [6.45, 7) is 0. The van der Waals surface area contributed by atoms with Gasteiger partial charge in [-0.1, -0.05) is 31.1 Å². The Bertz CT molecular complexity index is 1380. The molecule has 0 amide bonds. The molecule has 0 unspecified atom stereocenters. The van der Waals surface area contributed by atoms with Crippen molar-refractivity contribution in [1.29, 1.82) is 0 Å². The van der Waals surface area contributed by atoms with Gasteiger partial charge >= 0.3 is 0 Å². The first-order valence-corrected chi connectivity index (χ1v) is 13.3. The maximum atomic E-state index is 12.9. The molecule has 0 radical (unpaired) electrons. The Kier molecular flexibility index (Phi) is 6.55. The zero-order chi connectivity index (χ0) is 24.3. The number of nitrogens with one attached hydrogen (secondary N) is 2. The predicted octanol–water partition coefficient (Wildman–Crippen LogP) is 5.60. The second-order valence-corrected chi connectivity index (χ2v) is 10.6. The van der Waals surface area contributed by atoms with Crippen molar-refractivity contribution >= 4 is 39.4 Å². The number of rotatable bonds is 8. The second kappa shape index (κ2) is 9.92. The lowest BCUT2D eigenvalue weighted by Crippen LogP contribution is -2.17. The van der Waals surface area contributed by atoms with Crippen molar-refractivity contribution in [2.75, 3.05) is 17.7 Å². The van der Waals surface area contributed by atoms with Crippen molar-refractivity contribution in [3.05, 3.63) is 76.8 Å². The number of fused-ring (bicyclic) bond motifs is 1. The Labute approximate surface area is 205 Å². The third-order valence-corrected chi connectivity index (χ3v) is 7.79. The molecule has 0 saturated heterocycles. The van der Waals surface area contributed by atoms with E-state index >= 15 is 0 Å². The smallest absolute Gasteiger partial charge is 0.229 e. The Morgan fingerprint density at radius 2 is 1.89 bits per heavy atom. The molecular weight excluding hydrogens is 460 g/mol. The predicted molar refractivity (Wildman–Crippen MR) is 140 cm³/mol. The second-order valence-electron chi connectivity index (χ2n) is 8.79. The van der Waals surface area contributed by atoms with Crippen LogP contribution in [0.4, 0.5) is 17.5 Å². The molecule has 2 aliphatic carbocycles. The maximum absolute atomic E-state index is 12.9. The molecule has 0 aliphatic heterocycles. The van der Waals surface area contributed by atoms with E-state index in [9.17, 15) is 8.42 Å². The van der Waals surface area contributed by atoms with Gasteiger partial charge in [-0.05, 0) is 72.9 Å². The van der Waals surface area contributed by atoms with Crippen LogP contribution < -0.4 is 15.4 Å². The molecule has 35 heavy (non-hydrogen) atoms. The molecule has 2 aliphatic rings. The number of nitrogens with zero attached hydrogens (tertiary/aromatic N) is 2. The fourth-order valence-corrected chi connectivity index (χ4v) is 5.41. The summed E-state index contributed by atoms with van der Waals surface area (Å²) in [5.41, 5.74) is 4.03. The zero-order valence-corrected chi connectivity index (χ0v) is 20.4. The Morgan fingerprint density at radius 3 is 2.66 bits per heavy atom. The van der Waals surface area contributed by atoms with E-state index in [-0.39, 0.29) is 4.90 Å². The fourth-order valence-electron chi connectivity index (χ4n) is 4.41. The van der Waals surface area contributed by atoms with Crippen molar-refractivity contribution in [3.8, 4) is 5.75 Å². The molecule has 0 bridgehead atoms. The van der Waals surface area contributed by atoms with E-state index in [2.05, 4.69) is 39.9 Å². The standard InChI is InChI=1S/C27H28N4O3S/c1-34-24-11-13-25(14-12-24)35(32,33)16-15-21-18-28-27(31-26(21)29-22-7-2-3-8-22)30-23-10-9-19-5-4-6-20(19)17-23/h4,6,9-18,22H,2-3,5,7-8H2,1H3,(H2,28,29,30,31)/b16-15+. The van der Waals surface area contributed by atoms with E-state index in [4.69, 9.17) is 9.72 Å². The normalized spacial score (nSPS) is 15.5. The first kappa shape index (κ1) is 23.1. The van der Waals surface area contributed by atoms with Crippen molar-refractivity contribution in [2.24, 2.45) is 0 Å². The topological polar surface area (TPSA) is 93.2 Å². The highest BCUT2D eigenvalue weighted by Crippen LogP contribution is 2.28. The zero-order valence-electron chi connectivity index (χ0n) is 19.6. The van der Waals surface area contributed by atoms with Gasteiger partial charge in [0.1, 0.15) is 11.6 Å². The van der Waals surface area contributed by atoms with Crippen LogP contribution in [0.25, 0.3) is 12.2 Å². The van der Waals surface area contributed by atoms with E-state index in [0.717, 1.165) is 24.9 Å². The monoisotopic (exact) mass is 488 g/mol. The number of aromatic nitrogens is 2. The average Bonchev–Trinajstić information content (AvgIpc) is 3.55. The van der Waals surface area contributed by atoms with Crippen molar-refractivity contribution in [1.82, 2.24) is 9.97 Å². The minimum atomic E-state index is -3.63. The number of sulfone groups is 1. The van der Waals surface area contributed by atoms with Gasteiger partial charge in [0.15, 0.2) is 9.84 Å². The van der Waals surface area contributed by atoms with E-state index in [1.54, 1.807) is 31.5 Å². The molecule has 2 N–H and O–H groups in total. The largest absolute Gasteiger partial charge is 0.497 e. The molecule has 8 heteroatoms. The summed E-state index contributed by atoms with van der Waals surface area (Å²) in [4.78, 5) is 9.36. The number of allylic oxidation sites excluding steroid dienone is 1. The first-order chi connectivity index (χ1) is 17.0. The highest BCUT2D eigenvalue weighted by atomic mass is 32.2. The molecule has 1 aromatic heterocycles. The van der Waals surface area contributed by atoms with Gasteiger partial charge in [-0.15, -0.1) is 0 Å². The molecule has 0 spiro atoms. The van der Waals surface area contributed by atoms with E-state index < -0.39 is 9.84 Å². The third-order valence-electron chi connectivity index (χ3n) is 6.36. The van der Waals surface area contributed by atoms with Gasteiger partial charge in [-0.2, -0.15) is 4.98 Å². The van der Waals surface area contributed by atoms with E-state index in [0.29, 0.717) is 29.1 Å². The Balaban J connectivity index is 1.41. The van der Waals surface area contributed by atoms with Crippen LogP contribution in [-0.2, 0) is 16.3 Å². The van der Waals surface area contributed by atoms with Gasteiger partial charge < -0.3 is 15.4 Å². The van der Waals surface area contributed by atoms with E-state index in [1.807, 2.05) is 6.07 Å². The molecular formula is C27H28N4O3S. The lowest BCUT2D eigenvalue weighted by Gasteiger charge is -2.16. The van der Waals surface area contributed by atoms with Gasteiger partial charge in [0, 0.05) is 28.9 Å². The molecule has 1 fully saturated rings. The maximum Gasteiger partial charge on any atom is 0.229 e. The summed E-state index contributed by atoms with van der Waals surface area (Å²) in [5, 5.41) is 7.99. The van der Waals surface area contributed by atoms with Crippen LogP contribution in [0.5, 0.6) is 5.75 Å². The number of hydrogen-bond acceptors (Lipinski definition) is 7. The summed E-state index contributed by atoms with van der Waals surface area (Å²) in [7, 11) is -2.09. The quantitative estimate of drug-likeness (QED) is 0.426. The molecule has 7 nitrogen and oxygen atoms in total. The average molecular weight is 489 g/mol. The van der Waals surface area contributed by atoms with Crippen molar-refractivity contribution in [2.45, 2.75) is 43.0 Å². The number of hydrogen-bond donors (Lipinski definition) is 2. The highest BCUT2D eigenvalue weighted by Gasteiger charge is 2.18. The molecule has 2 aromatic carbocycles. The SMILES string of the molecule is COc1ccc(S(=O)(=O)/C=C/c2cnc(Nc3ccc4c(c3)C=CC4)nc2NC2CCCC2)cc1. The molecule has 180 valence electrons. The number of benzene rings is 2. The van der Waals surface area contributed by atoms with Crippen molar-refractivity contribution < 1.29 is 13.2 Å². The minimum absolute atomic E-state index is 0.199. The van der Waals surface area contributed by atoms with Gasteiger partial charge in [0.25, 0.3) is 0 Å². The minimum Gasteiger partial charge on any atom is -0.497 e. The Morgan fingerprint density at radius 1 is 1.09 bits per heavy atom. The van der Waals surface area contributed by atoms with Crippen molar-refractivity contribution in [3.63, 3.8) is 0 Å². The van der Waals surface area contributed by atoms with Crippen LogP contribution in [-0.4, -0.2) is 31.5 Å². The summed E-state index contributed by atoms with van der Waals surface area (Å²) in [5.74, 6) is 1.69. The van der Waals surface area contributed by atoms with Crippen LogP contribution in [0.1, 0.15) is 42.4 Å². The van der Waals surface area contributed by atoms with Crippen LogP contribution in [0.15, 0.2) is 65.0 Å². The van der Waals surface area contributed by atoms with Crippen LogP contribution in [0, 0.1) is 0 Å². The number of methoxy groups -OCH3 is 1. The van der Waals surface area contributed by atoms with Crippen LogP contribution >= 0.6 is 0 Å². The fraction of sp³-hybridized carbons (Fsp3) is 0.259. The number of anilines is 3. The summed E-state index contributed by atoms with van der Waals surface area (Å²) < 4.78 is 30.8. The molecule has 0 atom stereocenters. The van der Waals surface area contributed by atoms with Crippen LogP contribution in [0.3, 0.4) is 0 Å². The van der Waals surface area contributed by atoms with Crippen LogP contribution in [0.2, 0.25) is 0 Å². The lowest BCUT2D eigenvalue weighted by molar-refractivity contribution is 0.414. The molecule has 5 rings (SSSR count). The lowest BCUT2D eigenvalue weighted by atomic mass is 10.1. The van der Waals surface area contributed by atoms with Gasteiger partial charge in [-0.3, -0.25) is 0 Å². The van der Waals surface area contributed by atoms with E-state index in [1.165, 1.54) is 41.5 Å². The Hall–Kier alpha value is -3.65. The van der Waals surface area contributed by atoms with Gasteiger partial charge in [0.2, 0.25) is 5.95 Å². The first-order valence-electron chi connectivity index (χ1n) is 11.8. The van der Waals surface area contributed by atoms with Gasteiger partial charge in [0.05, 0.1) is 12.0 Å². The highest BCUT2D eigenvalue weighted by molar-refractivity contribution is 7.94. The summed E-state index contributed by atoms with van der Waals surface area (Å²) >= 11 is 0. The number of ether oxygens (including phenoxy) is 1. The summed E-state index contributed by atoms with van der Waals surface area (Å²) in [6, 6.07) is 12.9. The third kappa shape index (κ3) is 5.38. The van der Waals surface area contributed by atoms with Gasteiger partial charge in [-0.25, -0.2) is 13.4 Å². The molecule has 1 heterocycles. The summed E-state index contributed by atoms with van der Waals surface area (Å²) in [6.07, 6.45) is 12.9.